The fourth-order valence-electron chi connectivity index (χ4n) is 2.04. The summed E-state index contributed by atoms with van der Waals surface area (Å²) in [6.45, 7) is 0.767. The molecule has 1 aliphatic heterocycles. The van der Waals surface area contributed by atoms with Gasteiger partial charge in [-0.25, -0.2) is 8.42 Å². The van der Waals surface area contributed by atoms with Crippen LogP contribution in [0, 0.1) is 0 Å². The molecule has 1 aromatic carbocycles. The maximum Gasteiger partial charge on any atom is 0.244 e. The van der Waals surface area contributed by atoms with E-state index in [2.05, 4.69) is 5.32 Å². The Balaban J connectivity index is 2.39. The highest BCUT2D eigenvalue weighted by molar-refractivity contribution is 7.89. The van der Waals surface area contributed by atoms with Gasteiger partial charge in [-0.1, -0.05) is 29.3 Å². The first-order chi connectivity index (χ1) is 8.85. The Kier molecular flexibility index (Phi) is 4.39. The van der Waals surface area contributed by atoms with Gasteiger partial charge >= 0.3 is 0 Å². The van der Waals surface area contributed by atoms with E-state index in [9.17, 15) is 13.5 Å². The van der Waals surface area contributed by atoms with Gasteiger partial charge in [-0.05, 0) is 12.1 Å². The molecule has 1 aromatic rings. The Labute approximate surface area is 122 Å². The van der Waals surface area contributed by atoms with Crippen LogP contribution in [0.4, 0.5) is 0 Å². The van der Waals surface area contributed by atoms with Crippen LogP contribution in [0.25, 0.3) is 0 Å². The minimum atomic E-state index is -3.79. The summed E-state index contributed by atoms with van der Waals surface area (Å²) in [5.74, 6) is 0. The molecule has 0 aliphatic carbocycles. The molecular weight excluding hydrogens is 311 g/mol. The van der Waals surface area contributed by atoms with Gasteiger partial charge in [0.2, 0.25) is 10.0 Å². The second kappa shape index (κ2) is 5.55. The van der Waals surface area contributed by atoms with Gasteiger partial charge in [0.25, 0.3) is 0 Å². The highest BCUT2D eigenvalue weighted by atomic mass is 35.5. The highest BCUT2D eigenvalue weighted by Crippen LogP contribution is 2.31. The first-order valence-electron chi connectivity index (χ1n) is 5.66. The van der Waals surface area contributed by atoms with Gasteiger partial charge in [0.05, 0.1) is 22.2 Å². The van der Waals surface area contributed by atoms with Crippen LogP contribution in [0.5, 0.6) is 0 Å². The Morgan fingerprint density at radius 1 is 1.37 bits per heavy atom. The van der Waals surface area contributed by atoms with Crippen molar-refractivity contribution in [1.29, 1.82) is 0 Å². The number of halogens is 2. The molecule has 106 valence electrons. The lowest BCUT2D eigenvalue weighted by Crippen LogP contribution is -2.44. The summed E-state index contributed by atoms with van der Waals surface area (Å²) >= 11 is 11.8. The smallest absolute Gasteiger partial charge is 0.244 e. The zero-order valence-corrected chi connectivity index (χ0v) is 12.5. The highest BCUT2D eigenvalue weighted by Gasteiger charge is 2.36. The van der Waals surface area contributed by atoms with Crippen molar-refractivity contribution in [1.82, 2.24) is 9.62 Å². The Hall–Kier alpha value is -0.370. The average Bonchev–Trinajstić information content (AvgIpc) is 2.77. The maximum atomic E-state index is 12.5. The Morgan fingerprint density at radius 3 is 2.63 bits per heavy atom. The van der Waals surface area contributed by atoms with E-state index in [0.717, 1.165) is 4.31 Å². The molecule has 0 saturated carbocycles. The number of sulfonamides is 1. The van der Waals surface area contributed by atoms with Crippen molar-refractivity contribution in [3.8, 4) is 0 Å². The van der Waals surface area contributed by atoms with E-state index in [1.165, 1.54) is 25.2 Å². The molecule has 0 bridgehead atoms. The number of nitrogens with zero attached hydrogens (tertiary/aromatic N) is 1. The van der Waals surface area contributed by atoms with E-state index in [4.69, 9.17) is 23.2 Å². The van der Waals surface area contributed by atoms with Crippen LogP contribution in [0.1, 0.15) is 0 Å². The normalized spacial score (nSPS) is 24.1. The number of benzene rings is 1. The third kappa shape index (κ3) is 2.74. The van der Waals surface area contributed by atoms with E-state index in [1.54, 1.807) is 0 Å². The topological polar surface area (TPSA) is 69.6 Å². The van der Waals surface area contributed by atoms with Gasteiger partial charge in [0.15, 0.2) is 0 Å². The predicted octanol–water partition coefficient (Wildman–Crippen LogP) is 0.947. The fourth-order valence-corrected chi connectivity index (χ4v) is 4.16. The lowest BCUT2D eigenvalue weighted by molar-refractivity contribution is 0.136. The summed E-state index contributed by atoms with van der Waals surface area (Å²) in [4.78, 5) is -0.0525. The zero-order valence-electron chi connectivity index (χ0n) is 10.2. The van der Waals surface area contributed by atoms with Gasteiger partial charge in [-0.15, -0.1) is 0 Å². The molecular formula is C11H14Cl2N2O3S. The monoisotopic (exact) mass is 324 g/mol. The van der Waals surface area contributed by atoms with E-state index in [-0.39, 0.29) is 14.9 Å². The standard InChI is InChI=1S/C11H14Cl2N2O3S/c1-15(8-5-14-6-9(8)16)19(17,18)10-4-2-3-7(12)11(10)13/h2-4,8-9,14,16H,5-6H2,1H3/t8-,9-/m0/s1. The van der Waals surface area contributed by atoms with E-state index < -0.39 is 22.2 Å². The van der Waals surface area contributed by atoms with Crippen molar-refractivity contribution < 1.29 is 13.5 Å². The largest absolute Gasteiger partial charge is 0.390 e. The zero-order chi connectivity index (χ0) is 14.2. The number of rotatable bonds is 3. The predicted molar refractivity (Wildman–Crippen MR) is 74.1 cm³/mol. The van der Waals surface area contributed by atoms with E-state index in [1.807, 2.05) is 0 Å². The van der Waals surface area contributed by atoms with Crippen molar-refractivity contribution in [2.75, 3.05) is 20.1 Å². The number of likely N-dealkylation sites (N-methyl/N-ethyl adjacent to an activating group) is 1. The van der Waals surface area contributed by atoms with Crippen LogP contribution in [0.2, 0.25) is 10.0 Å². The molecule has 1 aliphatic rings. The molecule has 0 amide bonds. The molecule has 0 aromatic heterocycles. The molecule has 1 fully saturated rings. The van der Waals surface area contributed by atoms with Crippen LogP contribution >= 0.6 is 23.2 Å². The first-order valence-corrected chi connectivity index (χ1v) is 7.86. The van der Waals surface area contributed by atoms with Crippen LogP contribution in [-0.2, 0) is 10.0 Å². The summed E-state index contributed by atoms with van der Waals surface area (Å²) < 4.78 is 26.1. The average molecular weight is 325 g/mol. The van der Waals surface area contributed by atoms with E-state index in [0.29, 0.717) is 13.1 Å². The van der Waals surface area contributed by atoms with Gasteiger partial charge in [0, 0.05) is 20.1 Å². The minimum absolute atomic E-state index is 0.00328. The maximum absolute atomic E-state index is 12.5. The molecule has 0 unspecified atom stereocenters. The molecule has 2 rings (SSSR count). The summed E-state index contributed by atoms with van der Waals surface area (Å²) in [6, 6.07) is 3.93. The Bertz CT molecular complexity index is 579. The second-order valence-electron chi connectivity index (χ2n) is 4.37. The summed E-state index contributed by atoms with van der Waals surface area (Å²) in [6.07, 6.45) is -0.738. The molecule has 0 spiro atoms. The van der Waals surface area contributed by atoms with Crippen LogP contribution < -0.4 is 5.32 Å². The summed E-state index contributed by atoms with van der Waals surface area (Å²) in [7, 11) is -2.37. The van der Waals surface area contributed by atoms with Crippen molar-refractivity contribution in [2.24, 2.45) is 0 Å². The first kappa shape index (κ1) is 15.0. The van der Waals surface area contributed by atoms with Crippen LogP contribution in [0.3, 0.4) is 0 Å². The summed E-state index contributed by atoms with van der Waals surface area (Å²) in [5.41, 5.74) is 0. The fraction of sp³-hybridized carbons (Fsp3) is 0.455. The number of aliphatic hydroxyl groups excluding tert-OH is 1. The molecule has 1 saturated heterocycles. The van der Waals surface area contributed by atoms with Gasteiger partial charge < -0.3 is 10.4 Å². The van der Waals surface area contributed by atoms with Crippen LogP contribution in [0.15, 0.2) is 23.1 Å². The van der Waals surface area contributed by atoms with Crippen LogP contribution in [-0.4, -0.2) is 50.1 Å². The van der Waals surface area contributed by atoms with Crippen molar-refractivity contribution in [3.05, 3.63) is 28.2 Å². The van der Waals surface area contributed by atoms with Crippen molar-refractivity contribution in [2.45, 2.75) is 17.0 Å². The van der Waals surface area contributed by atoms with E-state index >= 15 is 0 Å². The molecule has 1 heterocycles. The molecule has 5 nitrogen and oxygen atoms in total. The number of hydrogen-bond donors (Lipinski definition) is 2. The van der Waals surface area contributed by atoms with Crippen molar-refractivity contribution >= 4 is 33.2 Å². The number of nitrogens with one attached hydrogen (secondary N) is 1. The molecule has 8 heteroatoms. The molecule has 2 atom stereocenters. The number of aliphatic hydroxyl groups is 1. The molecule has 0 radical (unpaired) electrons. The third-order valence-electron chi connectivity index (χ3n) is 3.19. The lowest BCUT2D eigenvalue weighted by atomic mass is 10.2. The molecule has 2 N–H and O–H groups in total. The summed E-state index contributed by atoms with van der Waals surface area (Å²) in [5, 5.41) is 12.9. The van der Waals surface area contributed by atoms with Gasteiger partial charge in [-0.2, -0.15) is 4.31 Å². The van der Waals surface area contributed by atoms with Gasteiger partial charge in [0.1, 0.15) is 4.90 Å². The number of β-amino-alcohol motifs (C(OH)–C–C–N with tert-alkyl or cyclic N) is 1. The third-order valence-corrected chi connectivity index (χ3v) is 6.05. The minimum Gasteiger partial charge on any atom is -0.390 e. The molecule has 19 heavy (non-hydrogen) atoms. The Morgan fingerprint density at radius 2 is 2.05 bits per heavy atom. The second-order valence-corrected chi connectivity index (χ2v) is 7.12. The van der Waals surface area contributed by atoms with Crippen molar-refractivity contribution in [3.63, 3.8) is 0 Å². The number of hydrogen-bond acceptors (Lipinski definition) is 4. The lowest BCUT2D eigenvalue weighted by Gasteiger charge is -2.26. The SMILES string of the molecule is CN([C@H]1CNC[C@@H]1O)S(=O)(=O)c1cccc(Cl)c1Cl. The van der Waals surface area contributed by atoms with Gasteiger partial charge in [-0.3, -0.25) is 0 Å². The quantitative estimate of drug-likeness (QED) is 0.868.